The van der Waals surface area contributed by atoms with Gasteiger partial charge < -0.3 is 20.5 Å². The second-order valence-corrected chi connectivity index (χ2v) is 6.36. The van der Waals surface area contributed by atoms with E-state index in [1.54, 1.807) is 38.5 Å². The summed E-state index contributed by atoms with van der Waals surface area (Å²) >= 11 is 0. The first-order chi connectivity index (χ1) is 13.0. The van der Waals surface area contributed by atoms with Crippen molar-refractivity contribution in [3.8, 4) is 0 Å². The average Bonchev–Trinajstić information content (AvgIpc) is 3.16. The Balaban J connectivity index is 1.73. The first-order valence-corrected chi connectivity index (χ1v) is 8.42. The molecular formula is C17H18FN7O2. The van der Waals surface area contributed by atoms with Crippen LogP contribution in [-0.2, 0) is 7.05 Å². The van der Waals surface area contributed by atoms with Gasteiger partial charge in [-0.25, -0.2) is 9.37 Å². The van der Waals surface area contributed by atoms with E-state index in [0.717, 1.165) is 0 Å². The Labute approximate surface area is 153 Å². The standard InChI is InChI=1S/C17H18FN7O2/c1-19-14-7-13(21-11-4-3-5-24(2)17(11)27)23-15-9(8-20-25(14)15)16(26)22-12-6-10(12)18/h3-5,7-8,10,12,19H,6H2,1-2H3,(H,21,23)(H,22,26)/t10-,12?/m1/s1. The third-order valence-electron chi connectivity index (χ3n) is 4.39. The zero-order valence-corrected chi connectivity index (χ0v) is 14.7. The summed E-state index contributed by atoms with van der Waals surface area (Å²) in [6.45, 7) is 0. The van der Waals surface area contributed by atoms with Crippen molar-refractivity contribution in [3.05, 3.63) is 46.5 Å². The lowest BCUT2D eigenvalue weighted by atomic mass is 10.3. The fraction of sp³-hybridized carbons (Fsp3) is 0.294. The van der Waals surface area contributed by atoms with Crippen molar-refractivity contribution in [2.24, 2.45) is 7.05 Å². The Morgan fingerprint density at radius 1 is 1.41 bits per heavy atom. The summed E-state index contributed by atoms with van der Waals surface area (Å²) < 4.78 is 16.0. The molecule has 3 aromatic rings. The van der Waals surface area contributed by atoms with Crippen molar-refractivity contribution in [2.45, 2.75) is 18.6 Å². The highest BCUT2D eigenvalue weighted by molar-refractivity contribution is 6.00. The van der Waals surface area contributed by atoms with Gasteiger partial charge in [0.1, 0.15) is 29.1 Å². The van der Waals surface area contributed by atoms with E-state index in [4.69, 9.17) is 0 Å². The van der Waals surface area contributed by atoms with Gasteiger partial charge in [-0.1, -0.05) is 0 Å². The van der Waals surface area contributed by atoms with Crippen molar-refractivity contribution >= 4 is 28.9 Å². The number of fused-ring (bicyclic) bond motifs is 1. The predicted molar refractivity (Wildman–Crippen MR) is 98.3 cm³/mol. The molecule has 1 aliphatic carbocycles. The molecule has 3 N–H and O–H groups in total. The normalized spacial score (nSPS) is 18.3. The van der Waals surface area contributed by atoms with E-state index < -0.39 is 18.1 Å². The summed E-state index contributed by atoms with van der Waals surface area (Å²) in [7, 11) is 3.36. The van der Waals surface area contributed by atoms with E-state index >= 15 is 0 Å². The molecule has 1 amide bonds. The van der Waals surface area contributed by atoms with E-state index in [1.807, 2.05) is 0 Å². The van der Waals surface area contributed by atoms with Gasteiger partial charge in [-0.2, -0.15) is 9.61 Å². The van der Waals surface area contributed by atoms with E-state index in [0.29, 0.717) is 29.4 Å². The van der Waals surface area contributed by atoms with Crippen LogP contribution in [0.3, 0.4) is 0 Å². The van der Waals surface area contributed by atoms with Gasteiger partial charge >= 0.3 is 0 Å². The van der Waals surface area contributed by atoms with Crippen LogP contribution in [0.25, 0.3) is 5.65 Å². The predicted octanol–water partition coefficient (Wildman–Crippen LogP) is 1.05. The van der Waals surface area contributed by atoms with Gasteiger partial charge in [-0.15, -0.1) is 0 Å². The fourth-order valence-electron chi connectivity index (χ4n) is 2.76. The molecule has 140 valence electrons. The van der Waals surface area contributed by atoms with Crippen LogP contribution in [0.2, 0.25) is 0 Å². The molecule has 3 aromatic heterocycles. The number of hydrogen-bond donors (Lipinski definition) is 3. The average molecular weight is 371 g/mol. The molecule has 0 aliphatic heterocycles. The summed E-state index contributed by atoms with van der Waals surface area (Å²) in [6.07, 6.45) is 2.37. The third kappa shape index (κ3) is 3.09. The van der Waals surface area contributed by atoms with Crippen molar-refractivity contribution in [2.75, 3.05) is 17.7 Å². The van der Waals surface area contributed by atoms with Crippen LogP contribution in [0.4, 0.5) is 21.7 Å². The molecule has 3 heterocycles. The number of hydrogen-bond acceptors (Lipinski definition) is 6. The summed E-state index contributed by atoms with van der Waals surface area (Å²) in [5, 5.41) is 12.8. The molecule has 0 bridgehead atoms. The number of halogens is 1. The molecule has 1 fully saturated rings. The second kappa shape index (κ2) is 6.38. The summed E-state index contributed by atoms with van der Waals surface area (Å²) in [5.74, 6) is 0.515. The Kier molecular flexibility index (Phi) is 4.02. The molecule has 0 saturated heterocycles. The number of amides is 1. The van der Waals surface area contributed by atoms with Gasteiger partial charge in [-0.05, 0) is 12.1 Å². The molecule has 9 nitrogen and oxygen atoms in total. The highest BCUT2D eigenvalue weighted by Gasteiger charge is 2.39. The Morgan fingerprint density at radius 2 is 2.19 bits per heavy atom. The first-order valence-electron chi connectivity index (χ1n) is 8.42. The maximum absolute atomic E-state index is 13.1. The smallest absolute Gasteiger partial charge is 0.274 e. The Morgan fingerprint density at radius 3 is 2.89 bits per heavy atom. The topological polar surface area (TPSA) is 105 Å². The highest BCUT2D eigenvalue weighted by atomic mass is 19.1. The zero-order chi connectivity index (χ0) is 19.1. The van der Waals surface area contributed by atoms with E-state index in [2.05, 4.69) is 26.0 Å². The molecule has 1 saturated carbocycles. The van der Waals surface area contributed by atoms with Crippen molar-refractivity contribution in [3.63, 3.8) is 0 Å². The van der Waals surface area contributed by atoms with Crippen molar-refractivity contribution < 1.29 is 9.18 Å². The maximum Gasteiger partial charge on any atom is 0.274 e. The number of aryl methyl sites for hydroxylation is 1. The van der Waals surface area contributed by atoms with Crippen LogP contribution in [0, 0.1) is 0 Å². The second-order valence-electron chi connectivity index (χ2n) is 6.36. The van der Waals surface area contributed by atoms with Crippen LogP contribution in [0.5, 0.6) is 0 Å². The van der Waals surface area contributed by atoms with Crippen LogP contribution in [0.1, 0.15) is 16.8 Å². The molecule has 10 heteroatoms. The molecule has 0 aromatic carbocycles. The first kappa shape index (κ1) is 17.0. The number of rotatable bonds is 5. The van der Waals surface area contributed by atoms with Gasteiger partial charge in [0.2, 0.25) is 0 Å². The minimum atomic E-state index is -0.997. The minimum absolute atomic E-state index is 0.209. The molecular weight excluding hydrogens is 353 g/mol. The largest absolute Gasteiger partial charge is 0.373 e. The third-order valence-corrected chi connectivity index (χ3v) is 4.39. The van der Waals surface area contributed by atoms with Crippen molar-refractivity contribution in [1.29, 1.82) is 0 Å². The molecule has 1 unspecified atom stereocenters. The SMILES string of the molecule is CNc1cc(Nc2cccn(C)c2=O)nc2c(C(=O)NC3C[C@H]3F)cnn12. The number of carbonyl (C=O) groups excluding carboxylic acids is 1. The summed E-state index contributed by atoms with van der Waals surface area (Å²) in [6, 6.07) is 4.60. The van der Waals surface area contributed by atoms with Gasteiger partial charge in [-0.3, -0.25) is 9.59 Å². The monoisotopic (exact) mass is 371 g/mol. The number of alkyl halides is 1. The van der Waals surface area contributed by atoms with Crippen LogP contribution in [-0.4, -0.2) is 44.3 Å². The lowest BCUT2D eigenvalue weighted by Gasteiger charge is -2.10. The molecule has 0 spiro atoms. The van der Waals surface area contributed by atoms with E-state index in [1.165, 1.54) is 15.3 Å². The van der Waals surface area contributed by atoms with Gasteiger partial charge in [0, 0.05) is 32.8 Å². The van der Waals surface area contributed by atoms with Crippen LogP contribution in [0.15, 0.2) is 35.4 Å². The summed E-state index contributed by atoms with van der Waals surface area (Å²) in [4.78, 5) is 29.1. The highest BCUT2D eigenvalue weighted by Crippen LogP contribution is 2.26. The lowest BCUT2D eigenvalue weighted by molar-refractivity contribution is 0.0949. The van der Waals surface area contributed by atoms with E-state index in [9.17, 15) is 14.0 Å². The number of aromatic nitrogens is 4. The summed E-state index contributed by atoms with van der Waals surface area (Å²) in [5.41, 5.74) is 0.669. The molecule has 27 heavy (non-hydrogen) atoms. The number of anilines is 3. The number of nitrogens with zero attached hydrogens (tertiary/aromatic N) is 4. The molecule has 1 aliphatic rings. The van der Waals surface area contributed by atoms with Gasteiger partial charge in [0.15, 0.2) is 5.65 Å². The van der Waals surface area contributed by atoms with Crippen molar-refractivity contribution in [1.82, 2.24) is 24.5 Å². The fourth-order valence-corrected chi connectivity index (χ4v) is 2.76. The van der Waals surface area contributed by atoms with Gasteiger partial charge in [0.25, 0.3) is 11.5 Å². The Hall–Kier alpha value is -3.43. The molecule has 2 atom stereocenters. The number of carbonyl (C=O) groups is 1. The molecule has 4 rings (SSSR count). The number of pyridine rings is 1. The zero-order valence-electron chi connectivity index (χ0n) is 14.7. The maximum atomic E-state index is 13.1. The Bertz CT molecular complexity index is 1090. The quantitative estimate of drug-likeness (QED) is 0.619. The van der Waals surface area contributed by atoms with E-state index in [-0.39, 0.29) is 11.1 Å². The number of nitrogens with one attached hydrogen (secondary N) is 3. The minimum Gasteiger partial charge on any atom is -0.373 e. The lowest BCUT2D eigenvalue weighted by Crippen LogP contribution is -2.27. The van der Waals surface area contributed by atoms with Crippen LogP contribution < -0.4 is 21.5 Å². The van der Waals surface area contributed by atoms with Crippen LogP contribution >= 0.6 is 0 Å². The van der Waals surface area contributed by atoms with Gasteiger partial charge in [0.05, 0.1) is 12.2 Å². The molecule has 0 radical (unpaired) electrons.